The molecule has 6 aliphatic rings. The number of aliphatic hydroxyl groups is 1. The van der Waals surface area contributed by atoms with Crippen molar-refractivity contribution in [2.24, 2.45) is 23.0 Å². The quantitative estimate of drug-likeness (QED) is 0.140. The van der Waals surface area contributed by atoms with Gasteiger partial charge >= 0.3 is 23.9 Å². The molecular formula is C47H58F2N6O9. The van der Waals surface area contributed by atoms with Gasteiger partial charge in [0.1, 0.15) is 11.2 Å². The lowest BCUT2D eigenvalue weighted by molar-refractivity contribution is -0.228. The smallest absolute Gasteiger partial charge is 0.344 e. The molecule has 1 unspecified atom stereocenters. The minimum atomic E-state index is -2.99. The number of nitrogens with two attached hydrogens (primary N) is 1. The van der Waals surface area contributed by atoms with Crippen LogP contribution in [0.5, 0.6) is 5.75 Å². The van der Waals surface area contributed by atoms with E-state index in [1.807, 2.05) is 36.1 Å². The fourth-order valence-corrected chi connectivity index (χ4v) is 13.7. The number of halogens is 2. The van der Waals surface area contributed by atoms with Gasteiger partial charge in [0, 0.05) is 103 Å². The Hall–Kier alpha value is -5.26. The number of rotatable bonds is 8. The highest BCUT2D eigenvalue weighted by Crippen LogP contribution is 2.68. The molecule has 5 N–H and O–H groups in total. The van der Waals surface area contributed by atoms with Crippen LogP contribution in [0.2, 0.25) is 0 Å². The number of aromatic nitrogens is 1. The summed E-state index contributed by atoms with van der Waals surface area (Å²) in [5.74, 6) is -6.32. The van der Waals surface area contributed by atoms with Crippen molar-refractivity contribution in [1.82, 2.24) is 14.8 Å². The maximum absolute atomic E-state index is 15.5. The number of nitrogens with one attached hydrogen (secondary N) is 2. The van der Waals surface area contributed by atoms with Crippen LogP contribution in [0.15, 0.2) is 42.5 Å². The number of urea groups is 1. The number of ether oxygens (including phenoxy) is 4. The van der Waals surface area contributed by atoms with Gasteiger partial charge in [0.25, 0.3) is 0 Å². The number of hydrogen-bond acceptors (Lipinski definition) is 12. The zero-order valence-corrected chi connectivity index (χ0v) is 37.4. The van der Waals surface area contributed by atoms with Crippen LogP contribution in [0.4, 0.5) is 25.0 Å². The molecule has 64 heavy (non-hydrogen) atoms. The predicted molar refractivity (Wildman–Crippen MR) is 233 cm³/mol. The number of H-pyrrole nitrogens is 1. The van der Waals surface area contributed by atoms with Crippen LogP contribution in [-0.2, 0) is 45.8 Å². The zero-order chi connectivity index (χ0) is 45.9. The van der Waals surface area contributed by atoms with E-state index in [1.165, 1.54) is 28.3 Å². The Morgan fingerprint density at radius 2 is 1.78 bits per heavy atom. The van der Waals surface area contributed by atoms with E-state index in [0.717, 1.165) is 18.1 Å². The molecule has 2 saturated heterocycles. The van der Waals surface area contributed by atoms with Crippen LogP contribution >= 0.6 is 0 Å². The van der Waals surface area contributed by atoms with Gasteiger partial charge in [-0.15, -0.1) is 0 Å². The van der Waals surface area contributed by atoms with Crippen molar-refractivity contribution < 1.29 is 52.0 Å². The number of likely N-dealkylation sites (N-methyl/N-ethyl adjacent to an activating group) is 1. The number of esters is 3. The summed E-state index contributed by atoms with van der Waals surface area (Å²) in [5, 5.41) is 16.7. The van der Waals surface area contributed by atoms with Crippen LogP contribution in [0.1, 0.15) is 68.8 Å². The van der Waals surface area contributed by atoms with Gasteiger partial charge in [0.15, 0.2) is 6.10 Å². The van der Waals surface area contributed by atoms with Crippen molar-refractivity contribution in [2.75, 3.05) is 71.3 Å². The topological polar surface area (TPSA) is 189 Å². The van der Waals surface area contributed by atoms with Crippen molar-refractivity contribution in [1.29, 1.82) is 0 Å². The Morgan fingerprint density at radius 1 is 1.03 bits per heavy atom. The third-order valence-corrected chi connectivity index (χ3v) is 15.9. The molecule has 15 nitrogen and oxygen atoms in total. The third-order valence-electron chi connectivity index (χ3n) is 15.9. The first-order chi connectivity index (χ1) is 30.3. The molecule has 1 aliphatic carbocycles. The van der Waals surface area contributed by atoms with E-state index in [2.05, 4.69) is 20.1 Å². The highest BCUT2D eigenvalue weighted by Gasteiger charge is 2.80. The number of hydrogen-bond donors (Lipinski definition) is 4. The summed E-state index contributed by atoms with van der Waals surface area (Å²) < 4.78 is 54.7. The summed E-state index contributed by atoms with van der Waals surface area (Å²) in [6.45, 7) is 6.38. The van der Waals surface area contributed by atoms with Crippen LogP contribution in [0.25, 0.3) is 10.9 Å². The van der Waals surface area contributed by atoms with Crippen molar-refractivity contribution in [3.8, 4) is 5.75 Å². The Bertz CT molecular complexity index is 2470. The molecule has 17 heteroatoms. The Labute approximate surface area is 370 Å². The first-order valence-corrected chi connectivity index (χ1v) is 22.1. The molecule has 2 amide bonds. The first-order valence-electron chi connectivity index (χ1n) is 22.1. The van der Waals surface area contributed by atoms with Crippen LogP contribution in [-0.4, -0.2) is 135 Å². The molecule has 344 valence electrons. The normalized spacial score (nSPS) is 34.0. The van der Waals surface area contributed by atoms with Gasteiger partial charge in [-0.05, 0) is 86.9 Å². The van der Waals surface area contributed by atoms with Gasteiger partial charge in [0.05, 0.1) is 27.4 Å². The Morgan fingerprint density at radius 3 is 2.44 bits per heavy atom. The van der Waals surface area contributed by atoms with Crippen molar-refractivity contribution in [3.05, 3.63) is 64.9 Å². The van der Waals surface area contributed by atoms with Crippen molar-refractivity contribution in [2.45, 2.75) is 93.4 Å². The van der Waals surface area contributed by atoms with E-state index in [1.54, 1.807) is 25.2 Å². The summed E-state index contributed by atoms with van der Waals surface area (Å²) in [5.41, 5.74) is 3.53. The SMILES string of the molecule is CC[C@]12C=CCN3CC[C@@]4(c5cc([C@@]6(C(=O)OC)C[C@H]7C[C@@H](C(C)(F)F)CN(CCc8c6[nH]c6ccc(NC(N)=O)cc86)C7)c(OC)cc5N(C)[C@H]4[C@@](O)(C(=O)OC)[C@@H]1OC(C)=O)[C@@H]32. The maximum atomic E-state index is 15.5. The fraction of sp³-hybridized carbons (Fsp3) is 0.574. The second-order valence-corrected chi connectivity index (χ2v) is 19.0. The van der Waals surface area contributed by atoms with Crippen LogP contribution in [0.3, 0.4) is 0 Å². The van der Waals surface area contributed by atoms with Crippen molar-refractivity contribution in [3.63, 3.8) is 0 Å². The van der Waals surface area contributed by atoms with Crippen LogP contribution < -0.4 is 20.7 Å². The van der Waals surface area contributed by atoms with E-state index in [0.29, 0.717) is 84.7 Å². The molecule has 10 atom stereocenters. The molecule has 2 bridgehead atoms. The molecular weight excluding hydrogens is 831 g/mol. The largest absolute Gasteiger partial charge is 0.496 e. The summed E-state index contributed by atoms with van der Waals surface area (Å²) in [6, 6.07) is 6.92. The summed E-state index contributed by atoms with van der Waals surface area (Å²) in [4.78, 5) is 64.8. The number of nitrogens with zero attached hydrogens (tertiary/aromatic N) is 3. The molecule has 3 fully saturated rings. The molecule has 3 aromatic rings. The van der Waals surface area contributed by atoms with Crippen molar-refractivity contribution >= 4 is 46.2 Å². The number of alkyl halides is 2. The molecule has 0 radical (unpaired) electrons. The number of amides is 2. The molecule has 1 aromatic heterocycles. The van der Waals surface area contributed by atoms with E-state index in [9.17, 15) is 19.5 Å². The highest BCUT2D eigenvalue weighted by molar-refractivity contribution is 5.97. The third kappa shape index (κ3) is 5.98. The van der Waals surface area contributed by atoms with E-state index >= 15 is 13.6 Å². The number of piperidine rings is 1. The van der Waals surface area contributed by atoms with E-state index in [-0.39, 0.29) is 19.4 Å². The van der Waals surface area contributed by atoms with Gasteiger partial charge in [-0.1, -0.05) is 19.1 Å². The molecule has 9 rings (SSSR count). The molecule has 1 spiro atoms. The second-order valence-electron chi connectivity index (χ2n) is 19.0. The summed E-state index contributed by atoms with van der Waals surface area (Å²) >= 11 is 0. The van der Waals surface area contributed by atoms with Gasteiger partial charge in [-0.25, -0.2) is 18.4 Å². The average Bonchev–Trinajstić information content (AvgIpc) is 3.91. The van der Waals surface area contributed by atoms with Gasteiger partial charge in [-0.2, -0.15) is 0 Å². The second kappa shape index (κ2) is 15.2. The number of benzene rings is 2. The molecule has 2 aromatic carbocycles. The van der Waals surface area contributed by atoms with Gasteiger partial charge in [0.2, 0.25) is 11.5 Å². The minimum Gasteiger partial charge on any atom is -0.496 e. The number of carbonyl (C=O) groups excluding carboxylic acids is 4. The zero-order valence-electron chi connectivity index (χ0n) is 37.4. The lowest BCUT2D eigenvalue weighted by Gasteiger charge is -2.63. The van der Waals surface area contributed by atoms with E-state index < -0.39 is 81.7 Å². The maximum Gasteiger partial charge on any atom is 0.344 e. The number of methoxy groups -OCH3 is 3. The lowest BCUT2D eigenvalue weighted by atomic mass is 9.47. The number of aromatic amines is 1. The first kappa shape index (κ1) is 44.0. The highest BCUT2D eigenvalue weighted by atomic mass is 19.3. The minimum absolute atomic E-state index is 0.0637. The Kier molecular flexibility index (Phi) is 10.4. The predicted octanol–water partition coefficient (Wildman–Crippen LogP) is 4.61. The number of primary amides is 1. The van der Waals surface area contributed by atoms with Crippen LogP contribution in [0, 0.1) is 17.3 Å². The van der Waals surface area contributed by atoms with E-state index in [4.69, 9.17) is 24.7 Å². The van der Waals surface area contributed by atoms with Gasteiger partial charge < -0.3 is 49.9 Å². The molecule has 6 heterocycles. The number of anilines is 2. The number of carbonyl (C=O) groups is 4. The monoisotopic (exact) mass is 888 g/mol. The molecule has 1 saturated carbocycles. The average molecular weight is 889 g/mol. The number of fused-ring (bicyclic) bond motifs is 6. The standard InChI is InChI=1S/C47H58F2N6O9/c1-8-44-13-9-15-55-17-14-45(37(44)55)31-20-32(35(61-5)21-34(31)53(4)38(45)47(60,41(58)63-7)39(44)64-25(2)56)46(40(57)62-6)22-26-18-27(43(3,48)49)24-54(23-26)16-12-29-30-19-28(51-42(50)59)10-11-33(30)52-36(29)46/h9-11,13,19-21,26-27,37-39,52,60H,8,12,14-18,22-24H2,1-7H3,(H3,50,51,59)/t26-,27-,37+,38-,39-,44-,45-,46+,47+/m1/s1. The summed E-state index contributed by atoms with van der Waals surface area (Å²) in [7, 11) is 5.82. The lowest BCUT2D eigenvalue weighted by Crippen LogP contribution is -2.81. The Balaban J connectivity index is 1.36. The van der Waals surface area contributed by atoms with Gasteiger partial charge in [-0.3, -0.25) is 14.5 Å². The summed E-state index contributed by atoms with van der Waals surface area (Å²) in [6.07, 6.45) is 4.08. The fourth-order valence-electron chi connectivity index (χ4n) is 13.7. The molecule has 5 aliphatic heterocycles.